The van der Waals surface area contributed by atoms with E-state index in [1.165, 1.54) is 0 Å². The fourth-order valence-corrected chi connectivity index (χ4v) is 3.78. The van der Waals surface area contributed by atoms with Gasteiger partial charge in [0.05, 0.1) is 24.2 Å². The quantitative estimate of drug-likeness (QED) is 0.486. The molecule has 0 bridgehead atoms. The Morgan fingerprint density at radius 2 is 1.71 bits per heavy atom. The Hall–Kier alpha value is -3.24. The highest BCUT2D eigenvalue weighted by molar-refractivity contribution is 6.30. The largest absolute Gasteiger partial charge is 0.497 e. The van der Waals surface area contributed by atoms with E-state index >= 15 is 0 Å². The van der Waals surface area contributed by atoms with Gasteiger partial charge in [-0.3, -0.25) is 4.57 Å². The highest BCUT2D eigenvalue weighted by Crippen LogP contribution is 2.37. The van der Waals surface area contributed by atoms with Crippen LogP contribution in [0.15, 0.2) is 78.9 Å². The number of halogens is 1. The maximum absolute atomic E-state index is 6.07. The van der Waals surface area contributed by atoms with Crippen LogP contribution in [-0.4, -0.2) is 16.7 Å². The molecular formula is C23H18ClN3O. The lowest BCUT2D eigenvalue weighted by Gasteiger charge is -2.26. The number of fused-ring (bicyclic) bond motifs is 3. The zero-order valence-corrected chi connectivity index (χ0v) is 16.0. The van der Waals surface area contributed by atoms with Crippen LogP contribution in [0, 0.1) is 0 Å². The average Bonchev–Trinajstić information content (AvgIpc) is 3.12. The van der Waals surface area contributed by atoms with Gasteiger partial charge >= 0.3 is 0 Å². The van der Waals surface area contributed by atoms with Gasteiger partial charge in [-0.15, -0.1) is 0 Å². The molecule has 2 heterocycles. The third-order valence-corrected chi connectivity index (χ3v) is 5.31. The lowest BCUT2D eigenvalue weighted by atomic mass is 10.0. The van der Waals surface area contributed by atoms with Crippen LogP contribution in [0.3, 0.4) is 0 Å². The van der Waals surface area contributed by atoms with Gasteiger partial charge in [0.1, 0.15) is 5.75 Å². The third kappa shape index (κ3) is 2.83. The topological polar surface area (TPSA) is 39.1 Å². The summed E-state index contributed by atoms with van der Waals surface area (Å²) in [5.74, 6) is 1.67. The molecule has 0 radical (unpaired) electrons. The number of hydrogen-bond acceptors (Lipinski definition) is 3. The molecule has 5 rings (SSSR count). The van der Waals surface area contributed by atoms with Crippen LogP contribution < -0.4 is 10.1 Å². The number of hydrogen-bond donors (Lipinski definition) is 1. The number of methoxy groups -OCH3 is 1. The summed E-state index contributed by atoms with van der Waals surface area (Å²) in [6, 6.07) is 24.2. The molecule has 3 aromatic carbocycles. The Kier molecular flexibility index (Phi) is 4.06. The SMILES string of the molecule is COc1ccc(C2C=C(c3ccc(Cl)cc3)Nc3nc4ccccc4n32)cc1. The molecule has 1 aromatic heterocycles. The summed E-state index contributed by atoms with van der Waals surface area (Å²) < 4.78 is 7.56. The van der Waals surface area contributed by atoms with Crippen molar-refractivity contribution in [3.05, 3.63) is 95.0 Å². The first-order valence-electron chi connectivity index (χ1n) is 9.08. The van der Waals surface area contributed by atoms with Crippen LogP contribution in [0.2, 0.25) is 5.02 Å². The molecule has 5 heteroatoms. The zero-order chi connectivity index (χ0) is 19.1. The number of nitrogens with zero attached hydrogens (tertiary/aromatic N) is 2. The molecule has 0 saturated carbocycles. The maximum atomic E-state index is 6.07. The van der Waals surface area contributed by atoms with Crippen molar-refractivity contribution in [2.24, 2.45) is 0 Å². The molecule has 1 N–H and O–H groups in total. The van der Waals surface area contributed by atoms with Crippen LogP contribution in [0.5, 0.6) is 5.75 Å². The van der Waals surface area contributed by atoms with E-state index in [0.717, 1.165) is 44.6 Å². The standard InChI is InChI=1S/C23H18ClN3O/c1-28-18-12-8-16(9-13-18)22-14-20(15-6-10-17(24)11-7-15)26-23-25-19-4-2-3-5-21(19)27(22)23/h2-14,22H,1H3,(H,25,26). The van der Waals surface area contributed by atoms with E-state index in [-0.39, 0.29) is 6.04 Å². The van der Waals surface area contributed by atoms with Gasteiger partial charge in [-0.1, -0.05) is 48.0 Å². The van der Waals surface area contributed by atoms with E-state index in [2.05, 4.69) is 34.2 Å². The summed E-state index contributed by atoms with van der Waals surface area (Å²) in [6.45, 7) is 0. The second-order valence-corrected chi connectivity index (χ2v) is 7.16. The number of allylic oxidation sites excluding steroid dienone is 1. The monoisotopic (exact) mass is 387 g/mol. The van der Waals surface area contributed by atoms with E-state index in [9.17, 15) is 0 Å². The highest BCUT2D eigenvalue weighted by Gasteiger charge is 2.25. The van der Waals surface area contributed by atoms with Gasteiger partial charge in [-0.2, -0.15) is 0 Å². The van der Waals surface area contributed by atoms with Crippen molar-refractivity contribution >= 4 is 34.3 Å². The van der Waals surface area contributed by atoms with Gasteiger partial charge in [0.2, 0.25) is 5.95 Å². The summed E-state index contributed by atoms with van der Waals surface area (Å²) in [6.07, 6.45) is 2.23. The number of imidazole rings is 1. The van der Waals surface area contributed by atoms with Crippen molar-refractivity contribution < 1.29 is 4.74 Å². The smallest absolute Gasteiger partial charge is 0.209 e. The van der Waals surface area contributed by atoms with Crippen LogP contribution >= 0.6 is 11.6 Å². The fourth-order valence-electron chi connectivity index (χ4n) is 3.65. The molecule has 0 amide bonds. The van der Waals surface area contributed by atoms with Crippen LogP contribution in [0.4, 0.5) is 5.95 Å². The van der Waals surface area contributed by atoms with Crippen LogP contribution in [0.25, 0.3) is 16.7 Å². The second-order valence-electron chi connectivity index (χ2n) is 6.72. The van der Waals surface area contributed by atoms with Crippen molar-refractivity contribution in [2.45, 2.75) is 6.04 Å². The van der Waals surface area contributed by atoms with Crippen LogP contribution in [-0.2, 0) is 0 Å². The molecule has 28 heavy (non-hydrogen) atoms. The lowest BCUT2D eigenvalue weighted by Crippen LogP contribution is -2.19. The second kappa shape index (κ2) is 6.73. The molecule has 0 aliphatic carbocycles. The molecule has 0 spiro atoms. The number of anilines is 1. The van der Waals surface area contributed by atoms with E-state index in [1.807, 2.05) is 54.6 Å². The van der Waals surface area contributed by atoms with E-state index < -0.39 is 0 Å². The normalized spacial score (nSPS) is 15.6. The van der Waals surface area contributed by atoms with Crippen molar-refractivity contribution in [3.63, 3.8) is 0 Å². The first kappa shape index (κ1) is 16.9. The van der Waals surface area contributed by atoms with Crippen LogP contribution in [0.1, 0.15) is 17.2 Å². The van der Waals surface area contributed by atoms with E-state index in [0.29, 0.717) is 0 Å². The number of para-hydroxylation sites is 2. The third-order valence-electron chi connectivity index (χ3n) is 5.06. The van der Waals surface area contributed by atoms with Crippen molar-refractivity contribution in [2.75, 3.05) is 12.4 Å². The highest BCUT2D eigenvalue weighted by atomic mass is 35.5. The Morgan fingerprint density at radius 3 is 2.46 bits per heavy atom. The van der Waals surface area contributed by atoms with Crippen molar-refractivity contribution in [1.82, 2.24) is 9.55 Å². The Balaban J connectivity index is 1.68. The Labute approximate surface area is 168 Å². The molecule has 4 nitrogen and oxygen atoms in total. The Morgan fingerprint density at radius 1 is 0.964 bits per heavy atom. The van der Waals surface area contributed by atoms with Gasteiger partial charge in [0, 0.05) is 10.7 Å². The molecule has 0 saturated heterocycles. The lowest BCUT2D eigenvalue weighted by molar-refractivity contribution is 0.414. The molecule has 0 fully saturated rings. The Bertz CT molecular complexity index is 1180. The minimum atomic E-state index is 0.0141. The van der Waals surface area contributed by atoms with Gasteiger partial charge in [0.15, 0.2) is 0 Å². The molecule has 1 atom stereocenters. The van der Waals surface area contributed by atoms with Gasteiger partial charge in [-0.25, -0.2) is 4.98 Å². The number of nitrogens with one attached hydrogen (secondary N) is 1. The summed E-state index contributed by atoms with van der Waals surface area (Å²) in [4.78, 5) is 4.82. The van der Waals surface area contributed by atoms with E-state index in [1.54, 1.807) is 7.11 Å². The maximum Gasteiger partial charge on any atom is 0.209 e. The molecule has 1 unspecified atom stereocenters. The number of ether oxygens (including phenoxy) is 1. The minimum absolute atomic E-state index is 0.0141. The summed E-state index contributed by atoms with van der Waals surface area (Å²) in [7, 11) is 1.68. The molecule has 138 valence electrons. The summed E-state index contributed by atoms with van der Waals surface area (Å²) in [5.41, 5.74) is 5.31. The molecule has 4 aromatic rings. The molecule has 1 aliphatic rings. The fraction of sp³-hybridized carbons (Fsp3) is 0.0870. The molecule has 1 aliphatic heterocycles. The number of aromatic nitrogens is 2. The number of benzene rings is 3. The minimum Gasteiger partial charge on any atom is -0.497 e. The van der Waals surface area contributed by atoms with Crippen molar-refractivity contribution in [1.29, 1.82) is 0 Å². The first-order valence-corrected chi connectivity index (χ1v) is 9.46. The average molecular weight is 388 g/mol. The van der Waals surface area contributed by atoms with Gasteiger partial charge in [-0.05, 0) is 53.6 Å². The first-order chi connectivity index (χ1) is 13.7. The van der Waals surface area contributed by atoms with Gasteiger partial charge < -0.3 is 10.1 Å². The van der Waals surface area contributed by atoms with E-state index in [4.69, 9.17) is 21.3 Å². The predicted octanol–water partition coefficient (Wildman–Crippen LogP) is 5.75. The zero-order valence-electron chi connectivity index (χ0n) is 15.3. The number of rotatable bonds is 3. The summed E-state index contributed by atoms with van der Waals surface area (Å²) >= 11 is 6.07. The van der Waals surface area contributed by atoms with Crippen molar-refractivity contribution in [3.8, 4) is 5.75 Å². The molecular weight excluding hydrogens is 370 g/mol. The summed E-state index contributed by atoms with van der Waals surface area (Å²) in [5, 5.41) is 4.21. The van der Waals surface area contributed by atoms with Gasteiger partial charge in [0.25, 0.3) is 0 Å². The predicted molar refractivity (Wildman–Crippen MR) is 114 cm³/mol.